The van der Waals surface area contributed by atoms with Crippen LogP contribution in [0.5, 0.6) is 0 Å². The molecule has 0 rings (SSSR count). The predicted octanol–water partition coefficient (Wildman–Crippen LogP) is 1.56. The van der Waals surface area contributed by atoms with Crippen molar-refractivity contribution in [3.63, 3.8) is 0 Å². The summed E-state index contributed by atoms with van der Waals surface area (Å²) in [5.41, 5.74) is 0. The zero-order chi connectivity index (χ0) is 5.21. The highest BCUT2D eigenvalue weighted by Crippen LogP contribution is 2.27. The molecule has 0 aliphatic carbocycles. The Morgan fingerprint density at radius 2 is 1.67 bits per heavy atom. The fraction of sp³-hybridized carbons (Fsp3) is 0.500. The van der Waals surface area contributed by atoms with Gasteiger partial charge >= 0.3 is 0 Å². The normalized spacial score (nSPS) is 11.7. The van der Waals surface area contributed by atoms with Crippen LogP contribution in [0, 0.1) is 0 Å². The molecule has 0 aliphatic heterocycles. The molecule has 0 atom stereocenters. The average Bonchev–Trinajstić information content (AvgIpc) is 1.35. The van der Waals surface area contributed by atoms with Crippen molar-refractivity contribution >= 4 is 30.8 Å². The van der Waals surface area contributed by atoms with E-state index >= 15 is 0 Å². The van der Waals surface area contributed by atoms with Gasteiger partial charge in [0.2, 0.25) is 0 Å². The van der Waals surface area contributed by atoms with Gasteiger partial charge in [-0.15, -0.1) is 10.8 Å². The first-order valence-corrected chi connectivity index (χ1v) is 5.68. The van der Waals surface area contributed by atoms with E-state index in [4.69, 9.17) is 0 Å². The predicted molar refractivity (Wildman–Crippen MR) is 41.3 cm³/mol. The van der Waals surface area contributed by atoms with E-state index in [0.717, 1.165) is 0 Å². The van der Waals surface area contributed by atoms with Crippen molar-refractivity contribution in [2.75, 3.05) is 12.5 Å². The molecule has 0 bridgehead atoms. The van der Waals surface area contributed by atoms with Crippen LogP contribution >= 0.6 is 19.0 Å². The Morgan fingerprint density at radius 3 is 1.67 bits per heavy atom. The maximum Gasteiger partial charge on any atom is -0.00887 e. The van der Waals surface area contributed by atoms with Gasteiger partial charge in [0.25, 0.3) is 0 Å². The van der Waals surface area contributed by atoms with Crippen LogP contribution in [0.2, 0.25) is 0 Å². The van der Waals surface area contributed by atoms with E-state index in [0.29, 0.717) is 0 Å². The van der Waals surface area contributed by atoms with E-state index in [2.05, 4.69) is 18.0 Å². The number of hydrogen-bond acceptors (Lipinski definition) is 1. The van der Waals surface area contributed by atoms with Crippen LogP contribution < -0.4 is 0 Å². The van der Waals surface area contributed by atoms with E-state index < -0.39 is 8.24 Å². The topological polar surface area (TPSA) is 0 Å². The summed E-state index contributed by atoms with van der Waals surface area (Å²) in [6, 6.07) is 0. The van der Waals surface area contributed by atoms with Crippen LogP contribution in [0.15, 0.2) is 0 Å². The Morgan fingerprint density at radius 1 is 1.50 bits per heavy atom. The van der Waals surface area contributed by atoms with E-state index in [1.54, 1.807) is 10.8 Å². The third-order valence-electron chi connectivity index (χ3n) is 0.402. The van der Waals surface area contributed by atoms with Crippen LogP contribution in [0.3, 0.4) is 0 Å². The highest BCUT2D eigenvalue weighted by atomic mass is 33.1. The summed E-state index contributed by atoms with van der Waals surface area (Å²) in [4.78, 5) is 0. The van der Waals surface area contributed by atoms with Gasteiger partial charge in [-0.3, -0.25) is 0 Å². The lowest BCUT2D eigenvalue weighted by Crippen LogP contribution is -1.55. The maximum atomic E-state index is 3.82. The van der Waals surface area contributed by atoms with Gasteiger partial charge in [0.05, 0.1) is 0 Å². The van der Waals surface area contributed by atoms with Gasteiger partial charge in [0.1, 0.15) is 0 Å². The van der Waals surface area contributed by atoms with E-state index in [1.165, 1.54) is 0 Å². The minimum atomic E-state index is -0.745. The lowest BCUT2D eigenvalue weighted by Gasteiger charge is -1.96. The first-order valence-electron chi connectivity index (χ1n) is 1.56. The summed E-state index contributed by atoms with van der Waals surface area (Å²) in [6.45, 7) is 0. The Balaban J connectivity index is 3.85. The molecular weight excluding hydrogens is 112 g/mol. The van der Waals surface area contributed by atoms with E-state index in [-0.39, 0.29) is 0 Å². The van der Waals surface area contributed by atoms with Crippen LogP contribution in [-0.2, 0) is 0 Å². The average molecular weight is 122 g/mol. The second-order valence-corrected chi connectivity index (χ2v) is 7.47. The highest BCUT2D eigenvalue weighted by molar-refractivity contribution is 8.89. The SMILES string of the molecule is C=S(=C)(C)SC. The van der Waals surface area contributed by atoms with Gasteiger partial charge in [-0.05, 0) is 12.5 Å². The van der Waals surface area contributed by atoms with Crippen LogP contribution in [0.4, 0.5) is 0 Å². The van der Waals surface area contributed by atoms with Gasteiger partial charge in [-0.1, -0.05) is 11.7 Å². The second-order valence-electron chi connectivity index (χ2n) is 1.35. The molecular formula is C4H10S2. The Bertz CT molecular complexity index is 108. The highest BCUT2D eigenvalue weighted by Gasteiger charge is 1.74. The molecule has 0 saturated carbocycles. The fourth-order valence-corrected chi connectivity index (χ4v) is 0. The first kappa shape index (κ1) is 6.44. The standard InChI is InChI=1S/C4H10S2/c1-5-6(2,3)4/h2-3H2,1,4H3. The van der Waals surface area contributed by atoms with Gasteiger partial charge in [-0.25, -0.2) is 0 Å². The molecule has 0 saturated heterocycles. The Labute approximate surface area is 43.8 Å². The molecule has 2 heteroatoms. The third-order valence-corrected chi connectivity index (χ3v) is 3.62. The smallest absolute Gasteiger partial charge is 0.00887 e. The molecule has 0 N–H and O–H groups in total. The zero-order valence-electron chi connectivity index (χ0n) is 4.23. The molecule has 0 radical (unpaired) electrons. The molecule has 0 fully saturated rings. The van der Waals surface area contributed by atoms with Crippen LogP contribution in [0.1, 0.15) is 0 Å². The van der Waals surface area contributed by atoms with Crippen LogP contribution in [-0.4, -0.2) is 24.3 Å². The molecule has 6 heavy (non-hydrogen) atoms. The molecule has 0 aromatic rings. The summed E-state index contributed by atoms with van der Waals surface area (Å²) < 4.78 is 0. The fourth-order valence-electron chi connectivity index (χ4n) is 0. The first-order chi connectivity index (χ1) is 2.56. The van der Waals surface area contributed by atoms with Gasteiger partial charge in [0, 0.05) is 0 Å². The monoisotopic (exact) mass is 122 g/mol. The van der Waals surface area contributed by atoms with Crippen molar-refractivity contribution in [2.45, 2.75) is 0 Å². The Kier molecular flexibility index (Phi) is 2.08. The van der Waals surface area contributed by atoms with Gasteiger partial charge < -0.3 is 0 Å². The summed E-state index contributed by atoms with van der Waals surface area (Å²) in [5, 5.41) is 0. The quantitative estimate of drug-likeness (QED) is 0.376. The van der Waals surface area contributed by atoms with Crippen molar-refractivity contribution < 1.29 is 0 Å². The summed E-state index contributed by atoms with van der Waals surface area (Å²) in [6.07, 6.45) is 4.10. The van der Waals surface area contributed by atoms with Gasteiger partial charge in [0.15, 0.2) is 0 Å². The summed E-state index contributed by atoms with van der Waals surface area (Å²) in [7, 11) is 0.998. The van der Waals surface area contributed by atoms with Crippen LogP contribution in [0.25, 0.3) is 0 Å². The zero-order valence-corrected chi connectivity index (χ0v) is 5.86. The van der Waals surface area contributed by atoms with Crippen molar-refractivity contribution in [3.8, 4) is 0 Å². The molecule has 0 aliphatic rings. The lowest BCUT2D eigenvalue weighted by atomic mass is 11.9. The lowest BCUT2D eigenvalue weighted by molar-refractivity contribution is 2.49. The largest absolute Gasteiger partial charge is 0.169 e. The van der Waals surface area contributed by atoms with Crippen molar-refractivity contribution in [2.24, 2.45) is 0 Å². The van der Waals surface area contributed by atoms with Crippen molar-refractivity contribution in [1.82, 2.24) is 0 Å². The summed E-state index contributed by atoms with van der Waals surface area (Å²) >= 11 is 0. The van der Waals surface area contributed by atoms with E-state index in [1.807, 2.05) is 6.26 Å². The molecule has 0 aromatic carbocycles. The molecule has 0 nitrogen and oxygen atoms in total. The van der Waals surface area contributed by atoms with Crippen molar-refractivity contribution in [1.29, 1.82) is 0 Å². The number of hydrogen-bond donors (Lipinski definition) is 0. The molecule has 38 valence electrons. The number of rotatable bonds is 1. The molecule has 0 heterocycles. The minimum Gasteiger partial charge on any atom is -0.169 e. The molecule has 0 unspecified atom stereocenters. The molecule has 0 amide bonds. The Hall–Kier alpha value is 0.440. The van der Waals surface area contributed by atoms with E-state index in [9.17, 15) is 0 Å². The molecule has 0 spiro atoms. The second kappa shape index (κ2) is 1.94. The molecule has 0 aromatic heterocycles. The summed E-state index contributed by atoms with van der Waals surface area (Å²) in [5.74, 6) is 7.65. The third kappa shape index (κ3) is 4.44. The van der Waals surface area contributed by atoms with Crippen molar-refractivity contribution in [3.05, 3.63) is 0 Å². The maximum absolute atomic E-state index is 3.82. The van der Waals surface area contributed by atoms with Gasteiger partial charge in [-0.2, -0.15) is 8.24 Å². The minimum absolute atomic E-state index is 0.745.